The molecule has 2 amide bonds. The number of rotatable bonds is 5. The lowest BCUT2D eigenvalue weighted by atomic mass is 9.76. The van der Waals surface area contributed by atoms with Crippen LogP contribution in [0.3, 0.4) is 0 Å². The Kier molecular flexibility index (Phi) is 4.77. The number of carboxylic acids is 1. The number of piperidine rings is 1. The molecule has 0 unspecified atom stereocenters. The molecule has 0 spiro atoms. The molecule has 2 heterocycles. The summed E-state index contributed by atoms with van der Waals surface area (Å²) in [6.07, 6.45) is 3.64. The smallest absolute Gasteiger partial charge is 0.317 e. The first kappa shape index (κ1) is 15.3. The standard InChI is InChI=1S/C13H21N5O3/c1-2-13(11(19)20)4-7-18(8-5-13)12(21)14-6-3-10-15-9-16-17-10/h9H,2-8H2,1H3,(H,14,21)(H,19,20)(H,15,16,17). The average molecular weight is 295 g/mol. The molecule has 0 atom stereocenters. The van der Waals surface area contributed by atoms with Gasteiger partial charge in [-0.3, -0.25) is 9.89 Å². The third-order valence-corrected chi connectivity index (χ3v) is 4.24. The molecule has 0 radical (unpaired) electrons. The summed E-state index contributed by atoms with van der Waals surface area (Å²) in [6.45, 7) is 3.33. The second kappa shape index (κ2) is 6.55. The molecule has 2 rings (SSSR count). The van der Waals surface area contributed by atoms with Crippen molar-refractivity contribution in [3.63, 3.8) is 0 Å². The number of amides is 2. The summed E-state index contributed by atoms with van der Waals surface area (Å²) in [7, 11) is 0. The van der Waals surface area contributed by atoms with E-state index in [-0.39, 0.29) is 6.03 Å². The van der Waals surface area contributed by atoms with Crippen LogP contribution in [0.15, 0.2) is 6.33 Å². The minimum atomic E-state index is -0.754. The molecule has 0 aromatic carbocycles. The van der Waals surface area contributed by atoms with Crippen molar-refractivity contribution in [3.05, 3.63) is 12.2 Å². The number of hydrogen-bond acceptors (Lipinski definition) is 4. The zero-order chi connectivity index (χ0) is 15.3. The summed E-state index contributed by atoms with van der Waals surface area (Å²) in [5.41, 5.74) is -0.670. The van der Waals surface area contributed by atoms with E-state index in [4.69, 9.17) is 0 Å². The van der Waals surface area contributed by atoms with Crippen LogP contribution in [0.4, 0.5) is 4.79 Å². The molecule has 0 saturated carbocycles. The zero-order valence-corrected chi connectivity index (χ0v) is 12.1. The van der Waals surface area contributed by atoms with E-state index in [1.54, 1.807) is 4.90 Å². The summed E-state index contributed by atoms with van der Waals surface area (Å²) >= 11 is 0. The van der Waals surface area contributed by atoms with Crippen LogP contribution >= 0.6 is 0 Å². The van der Waals surface area contributed by atoms with Crippen LogP contribution in [0, 0.1) is 5.41 Å². The lowest BCUT2D eigenvalue weighted by Crippen LogP contribution is -2.49. The van der Waals surface area contributed by atoms with Crippen molar-refractivity contribution in [2.24, 2.45) is 5.41 Å². The Balaban J connectivity index is 1.76. The highest BCUT2D eigenvalue weighted by atomic mass is 16.4. The first-order valence-electron chi connectivity index (χ1n) is 7.18. The number of H-pyrrole nitrogens is 1. The fourth-order valence-corrected chi connectivity index (χ4v) is 2.61. The Hall–Kier alpha value is -2.12. The van der Waals surface area contributed by atoms with Gasteiger partial charge in [-0.25, -0.2) is 9.78 Å². The Bertz CT molecular complexity index is 480. The van der Waals surface area contributed by atoms with Crippen molar-refractivity contribution in [3.8, 4) is 0 Å². The maximum absolute atomic E-state index is 12.0. The molecule has 1 fully saturated rings. The molecule has 116 valence electrons. The maximum atomic E-state index is 12.0. The van der Waals surface area contributed by atoms with Crippen molar-refractivity contribution in [2.75, 3.05) is 19.6 Å². The third kappa shape index (κ3) is 3.50. The van der Waals surface area contributed by atoms with Gasteiger partial charge in [-0.05, 0) is 19.3 Å². The first-order chi connectivity index (χ1) is 10.1. The van der Waals surface area contributed by atoms with Crippen molar-refractivity contribution >= 4 is 12.0 Å². The minimum Gasteiger partial charge on any atom is -0.481 e. The Labute approximate surface area is 122 Å². The summed E-state index contributed by atoms with van der Waals surface area (Å²) in [6, 6.07) is -0.149. The molecular formula is C13H21N5O3. The Morgan fingerprint density at radius 2 is 2.19 bits per heavy atom. The second-order valence-electron chi connectivity index (χ2n) is 5.34. The van der Waals surface area contributed by atoms with E-state index in [9.17, 15) is 14.7 Å². The highest BCUT2D eigenvalue weighted by Gasteiger charge is 2.40. The summed E-state index contributed by atoms with van der Waals surface area (Å²) < 4.78 is 0. The molecule has 0 aliphatic carbocycles. The van der Waals surface area contributed by atoms with Gasteiger partial charge in [0, 0.05) is 26.1 Å². The second-order valence-corrected chi connectivity index (χ2v) is 5.34. The monoisotopic (exact) mass is 295 g/mol. The highest BCUT2D eigenvalue weighted by molar-refractivity contribution is 5.77. The van der Waals surface area contributed by atoms with Crippen molar-refractivity contribution < 1.29 is 14.7 Å². The number of nitrogens with one attached hydrogen (secondary N) is 2. The number of carbonyl (C=O) groups excluding carboxylic acids is 1. The fraction of sp³-hybridized carbons (Fsp3) is 0.692. The molecule has 1 aromatic rings. The van der Waals surface area contributed by atoms with Crippen LogP contribution in [-0.2, 0) is 11.2 Å². The maximum Gasteiger partial charge on any atom is 0.317 e. The summed E-state index contributed by atoms with van der Waals surface area (Å²) in [5.74, 6) is -0.0276. The van der Waals surface area contributed by atoms with E-state index in [2.05, 4.69) is 20.5 Å². The lowest BCUT2D eigenvalue weighted by molar-refractivity contribution is -0.151. The van der Waals surface area contributed by atoms with Crippen LogP contribution in [0.1, 0.15) is 32.0 Å². The van der Waals surface area contributed by atoms with E-state index in [1.807, 2.05) is 6.92 Å². The van der Waals surface area contributed by atoms with Crippen LogP contribution in [0.2, 0.25) is 0 Å². The van der Waals surface area contributed by atoms with Crippen LogP contribution in [0.25, 0.3) is 0 Å². The predicted molar refractivity (Wildman–Crippen MR) is 74.7 cm³/mol. The van der Waals surface area contributed by atoms with E-state index in [0.29, 0.717) is 45.3 Å². The first-order valence-corrected chi connectivity index (χ1v) is 7.18. The number of hydrogen-bond donors (Lipinski definition) is 3. The molecule has 8 heteroatoms. The molecular weight excluding hydrogens is 274 g/mol. The van der Waals surface area contributed by atoms with E-state index in [1.165, 1.54) is 6.33 Å². The molecule has 0 bridgehead atoms. The minimum absolute atomic E-state index is 0.149. The lowest BCUT2D eigenvalue weighted by Gasteiger charge is -2.38. The normalized spacial score (nSPS) is 17.5. The van der Waals surface area contributed by atoms with E-state index in [0.717, 1.165) is 5.82 Å². The fourth-order valence-electron chi connectivity index (χ4n) is 2.61. The molecule has 1 aromatic heterocycles. The molecule has 1 saturated heterocycles. The highest BCUT2D eigenvalue weighted by Crippen LogP contribution is 2.35. The van der Waals surface area contributed by atoms with Gasteiger partial charge in [-0.15, -0.1) is 0 Å². The molecule has 8 nitrogen and oxygen atoms in total. The zero-order valence-electron chi connectivity index (χ0n) is 12.1. The van der Waals surface area contributed by atoms with Gasteiger partial charge in [0.2, 0.25) is 0 Å². The van der Waals surface area contributed by atoms with Crippen LogP contribution < -0.4 is 5.32 Å². The van der Waals surface area contributed by atoms with Gasteiger partial charge in [0.25, 0.3) is 0 Å². The topological polar surface area (TPSA) is 111 Å². The molecule has 1 aliphatic heterocycles. The summed E-state index contributed by atoms with van der Waals surface area (Å²) in [5, 5.41) is 18.6. The largest absolute Gasteiger partial charge is 0.481 e. The SMILES string of the molecule is CCC1(C(=O)O)CCN(C(=O)NCCc2ncn[nH]2)CC1. The van der Waals surface area contributed by atoms with Gasteiger partial charge in [0.15, 0.2) is 0 Å². The molecule has 21 heavy (non-hydrogen) atoms. The van der Waals surface area contributed by atoms with Crippen LogP contribution in [0.5, 0.6) is 0 Å². The Morgan fingerprint density at radius 3 is 2.71 bits per heavy atom. The summed E-state index contributed by atoms with van der Waals surface area (Å²) in [4.78, 5) is 29.0. The number of carboxylic acid groups (broad SMARTS) is 1. The third-order valence-electron chi connectivity index (χ3n) is 4.24. The van der Waals surface area contributed by atoms with Gasteiger partial charge < -0.3 is 15.3 Å². The quantitative estimate of drug-likeness (QED) is 0.738. The van der Waals surface area contributed by atoms with Gasteiger partial charge in [-0.2, -0.15) is 5.10 Å². The predicted octanol–water partition coefficient (Wildman–Crippen LogP) is 0.634. The van der Waals surface area contributed by atoms with E-state index >= 15 is 0 Å². The number of urea groups is 1. The average Bonchev–Trinajstić information content (AvgIpc) is 3.00. The number of aromatic amines is 1. The number of nitrogens with zero attached hydrogens (tertiary/aromatic N) is 3. The van der Waals surface area contributed by atoms with Gasteiger partial charge in [0.1, 0.15) is 12.2 Å². The van der Waals surface area contributed by atoms with Crippen molar-refractivity contribution in [1.82, 2.24) is 25.4 Å². The van der Waals surface area contributed by atoms with Crippen molar-refractivity contribution in [1.29, 1.82) is 0 Å². The van der Waals surface area contributed by atoms with Gasteiger partial charge in [0.05, 0.1) is 5.41 Å². The van der Waals surface area contributed by atoms with E-state index < -0.39 is 11.4 Å². The Morgan fingerprint density at radius 1 is 1.48 bits per heavy atom. The number of likely N-dealkylation sites (tertiary alicyclic amines) is 1. The van der Waals surface area contributed by atoms with Gasteiger partial charge in [-0.1, -0.05) is 6.92 Å². The number of carbonyl (C=O) groups is 2. The number of aliphatic carboxylic acids is 1. The molecule has 1 aliphatic rings. The molecule has 3 N–H and O–H groups in total. The van der Waals surface area contributed by atoms with Gasteiger partial charge >= 0.3 is 12.0 Å². The van der Waals surface area contributed by atoms with Crippen LogP contribution in [-0.4, -0.2) is 56.8 Å². The number of aromatic nitrogens is 3. The van der Waals surface area contributed by atoms with Crippen molar-refractivity contribution in [2.45, 2.75) is 32.6 Å².